The average Bonchev–Trinajstić information content (AvgIpc) is 3.25. The summed E-state index contributed by atoms with van der Waals surface area (Å²) < 4.78 is 7.39. The van der Waals surface area contributed by atoms with Gasteiger partial charge in [-0.2, -0.15) is 0 Å². The van der Waals surface area contributed by atoms with Crippen molar-refractivity contribution in [1.29, 1.82) is 0 Å². The monoisotopic (exact) mass is 461 g/mol. The topological polar surface area (TPSA) is 93.2 Å². The van der Waals surface area contributed by atoms with Gasteiger partial charge in [0.1, 0.15) is 6.33 Å². The van der Waals surface area contributed by atoms with Crippen LogP contribution < -0.4 is 10.6 Å². The number of aryl methyl sites for hydroxylation is 1. The van der Waals surface area contributed by atoms with Crippen molar-refractivity contribution in [1.82, 2.24) is 30.6 Å². The second kappa shape index (κ2) is 11.1. The Balaban J connectivity index is 0.00000312. The van der Waals surface area contributed by atoms with Crippen molar-refractivity contribution in [2.75, 3.05) is 7.05 Å². The molecule has 0 unspecified atom stereocenters. The zero-order chi connectivity index (χ0) is 17.4. The van der Waals surface area contributed by atoms with Crippen molar-refractivity contribution < 1.29 is 4.52 Å². The first-order chi connectivity index (χ1) is 11.7. The number of hydrogen-bond donors (Lipinski definition) is 2. The maximum Gasteiger partial charge on any atom is 0.191 e. The Labute approximate surface area is 165 Å². The molecule has 2 N–H and O–H groups in total. The van der Waals surface area contributed by atoms with Crippen LogP contribution in [0.25, 0.3) is 0 Å². The Morgan fingerprint density at radius 2 is 1.96 bits per heavy atom. The van der Waals surface area contributed by atoms with Gasteiger partial charge in [0, 0.05) is 25.6 Å². The van der Waals surface area contributed by atoms with E-state index in [0.29, 0.717) is 25.0 Å². The molecule has 0 aliphatic rings. The molecule has 0 aliphatic heterocycles. The second-order valence-electron chi connectivity index (χ2n) is 5.54. The highest BCUT2D eigenvalue weighted by Gasteiger charge is 2.13. The first kappa shape index (κ1) is 21.4. The van der Waals surface area contributed by atoms with E-state index >= 15 is 0 Å². The fourth-order valence-electron chi connectivity index (χ4n) is 2.55. The van der Waals surface area contributed by atoms with E-state index in [1.54, 1.807) is 13.4 Å². The molecule has 2 aromatic heterocycles. The normalized spacial score (nSPS) is 11.5. The van der Waals surface area contributed by atoms with E-state index in [2.05, 4.69) is 51.8 Å². The number of nitrogens with one attached hydrogen (secondary N) is 2. The summed E-state index contributed by atoms with van der Waals surface area (Å²) in [6, 6.07) is 2.02. The van der Waals surface area contributed by atoms with Crippen LogP contribution in [-0.2, 0) is 19.6 Å². The Hall–Kier alpha value is -1.65. The predicted molar refractivity (Wildman–Crippen MR) is 108 cm³/mol. The van der Waals surface area contributed by atoms with Crippen LogP contribution in [0.1, 0.15) is 56.8 Å². The molecule has 0 aromatic carbocycles. The van der Waals surface area contributed by atoms with Gasteiger partial charge in [0.05, 0.1) is 18.8 Å². The number of rotatable bonds is 8. The highest BCUT2D eigenvalue weighted by atomic mass is 127. The fourth-order valence-corrected chi connectivity index (χ4v) is 2.55. The smallest absolute Gasteiger partial charge is 0.191 e. The molecule has 0 bridgehead atoms. The Kier molecular flexibility index (Phi) is 9.46. The van der Waals surface area contributed by atoms with Crippen LogP contribution in [0.15, 0.2) is 21.9 Å². The van der Waals surface area contributed by atoms with Crippen LogP contribution in [0.5, 0.6) is 0 Å². The van der Waals surface area contributed by atoms with Crippen LogP contribution in [0.2, 0.25) is 0 Å². The van der Waals surface area contributed by atoms with Crippen molar-refractivity contribution in [2.45, 2.75) is 59.2 Å². The van der Waals surface area contributed by atoms with Gasteiger partial charge in [-0.15, -0.1) is 34.2 Å². The lowest BCUT2D eigenvalue weighted by molar-refractivity contribution is 0.368. The van der Waals surface area contributed by atoms with Gasteiger partial charge in [-0.05, 0) is 19.8 Å². The molecule has 0 atom stereocenters. The van der Waals surface area contributed by atoms with Gasteiger partial charge in [-0.25, -0.2) is 0 Å². The van der Waals surface area contributed by atoms with Crippen molar-refractivity contribution in [3.8, 4) is 0 Å². The van der Waals surface area contributed by atoms with Crippen LogP contribution in [0, 0.1) is 0 Å². The summed E-state index contributed by atoms with van der Waals surface area (Å²) in [6.07, 6.45) is 3.86. The van der Waals surface area contributed by atoms with Crippen LogP contribution in [-0.4, -0.2) is 32.9 Å². The van der Waals surface area contributed by atoms with Crippen molar-refractivity contribution in [3.05, 3.63) is 29.7 Å². The lowest BCUT2D eigenvalue weighted by Crippen LogP contribution is -2.36. The summed E-state index contributed by atoms with van der Waals surface area (Å²) in [7, 11) is 1.73. The van der Waals surface area contributed by atoms with Crippen molar-refractivity contribution in [3.63, 3.8) is 0 Å². The summed E-state index contributed by atoms with van der Waals surface area (Å²) in [5.74, 6) is 2.81. The van der Waals surface area contributed by atoms with Gasteiger partial charge in [0.25, 0.3) is 0 Å². The molecule has 2 aromatic rings. The third kappa shape index (κ3) is 5.98. The van der Waals surface area contributed by atoms with Gasteiger partial charge in [-0.3, -0.25) is 4.99 Å². The number of nitrogens with zero attached hydrogens (tertiary/aromatic N) is 5. The lowest BCUT2D eigenvalue weighted by atomic mass is 9.99. The molecule has 9 heteroatoms. The van der Waals surface area contributed by atoms with Crippen molar-refractivity contribution >= 4 is 29.9 Å². The van der Waals surface area contributed by atoms with E-state index in [1.807, 2.05) is 10.6 Å². The Bertz CT molecular complexity index is 648. The summed E-state index contributed by atoms with van der Waals surface area (Å²) >= 11 is 0. The Morgan fingerprint density at radius 3 is 2.60 bits per heavy atom. The maximum absolute atomic E-state index is 5.41. The molecule has 0 saturated carbocycles. The summed E-state index contributed by atoms with van der Waals surface area (Å²) in [4.78, 5) is 4.21. The zero-order valence-electron chi connectivity index (χ0n) is 15.3. The van der Waals surface area contributed by atoms with E-state index in [1.165, 1.54) is 0 Å². The number of hydrogen-bond acceptors (Lipinski definition) is 5. The molecule has 0 radical (unpaired) electrons. The van der Waals surface area contributed by atoms with E-state index in [-0.39, 0.29) is 24.0 Å². The molecule has 0 saturated heterocycles. The summed E-state index contributed by atoms with van der Waals surface area (Å²) in [5.41, 5.74) is 1.02. The molecular weight excluding hydrogens is 433 g/mol. The standard InChI is InChI=1S/C16H27N7O.HI/c1-5-12(6-2)14-8-13(24-22-14)9-18-16(17-4)19-10-15-21-20-11-23(15)7-3;/h8,11-12H,5-7,9-10H2,1-4H3,(H2,17,18,19);1H. The molecule has 0 fully saturated rings. The average molecular weight is 461 g/mol. The first-order valence-electron chi connectivity index (χ1n) is 8.48. The van der Waals surface area contributed by atoms with Crippen molar-refractivity contribution in [2.24, 2.45) is 4.99 Å². The maximum atomic E-state index is 5.41. The minimum Gasteiger partial charge on any atom is -0.359 e. The number of aliphatic imine (C=N–C) groups is 1. The largest absolute Gasteiger partial charge is 0.359 e. The molecule has 140 valence electrons. The third-order valence-corrected chi connectivity index (χ3v) is 4.09. The molecular formula is C16H28IN7O. The number of halogens is 1. The summed E-state index contributed by atoms with van der Waals surface area (Å²) in [6.45, 7) is 8.33. The molecule has 0 aliphatic carbocycles. The molecule has 2 rings (SSSR count). The zero-order valence-corrected chi connectivity index (χ0v) is 17.7. The van der Waals surface area contributed by atoms with Gasteiger partial charge >= 0.3 is 0 Å². The highest BCUT2D eigenvalue weighted by molar-refractivity contribution is 14.0. The predicted octanol–water partition coefficient (Wildman–Crippen LogP) is 2.67. The first-order valence-corrected chi connectivity index (χ1v) is 8.48. The quantitative estimate of drug-likeness (QED) is 0.357. The molecule has 0 spiro atoms. The molecule has 25 heavy (non-hydrogen) atoms. The van der Waals surface area contributed by atoms with Gasteiger partial charge in [0.2, 0.25) is 0 Å². The fraction of sp³-hybridized carbons (Fsp3) is 0.625. The highest BCUT2D eigenvalue weighted by Crippen LogP contribution is 2.22. The van der Waals surface area contributed by atoms with E-state index in [0.717, 1.165) is 36.7 Å². The molecule has 0 amide bonds. The minimum atomic E-state index is 0. The van der Waals surface area contributed by atoms with Gasteiger partial charge < -0.3 is 19.7 Å². The van der Waals surface area contributed by atoms with E-state index < -0.39 is 0 Å². The number of guanidine groups is 1. The van der Waals surface area contributed by atoms with E-state index in [9.17, 15) is 0 Å². The number of aromatic nitrogens is 4. The summed E-state index contributed by atoms with van der Waals surface area (Å²) in [5, 5.41) is 18.6. The minimum absolute atomic E-state index is 0. The Morgan fingerprint density at radius 1 is 1.24 bits per heavy atom. The van der Waals surface area contributed by atoms with Crippen LogP contribution >= 0.6 is 24.0 Å². The second-order valence-corrected chi connectivity index (χ2v) is 5.54. The molecule has 2 heterocycles. The SMILES string of the molecule is CCC(CC)c1cc(CNC(=NC)NCc2nncn2CC)on1.I. The van der Waals surface area contributed by atoms with Crippen LogP contribution in [0.3, 0.4) is 0 Å². The lowest BCUT2D eigenvalue weighted by Gasteiger charge is -2.10. The molecule has 8 nitrogen and oxygen atoms in total. The third-order valence-electron chi connectivity index (χ3n) is 4.09. The van der Waals surface area contributed by atoms with E-state index in [4.69, 9.17) is 4.52 Å². The van der Waals surface area contributed by atoms with Gasteiger partial charge in [-0.1, -0.05) is 19.0 Å². The van der Waals surface area contributed by atoms with Gasteiger partial charge in [0.15, 0.2) is 17.5 Å². The van der Waals surface area contributed by atoms with Crippen LogP contribution in [0.4, 0.5) is 0 Å².